The number of rotatable bonds is 3. The van der Waals surface area contributed by atoms with Gasteiger partial charge >= 0.3 is 12.1 Å². The SMILES string of the molecule is O=C(O)C(O)C(O)c1ccc(C(F)(F)F)c(F)c1. The van der Waals surface area contributed by atoms with E-state index in [0.717, 1.165) is 0 Å². The van der Waals surface area contributed by atoms with Gasteiger partial charge in [-0.3, -0.25) is 0 Å². The summed E-state index contributed by atoms with van der Waals surface area (Å²) in [5.74, 6) is -3.43. The van der Waals surface area contributed by atoms with Gasteiger partial charge in [-0.05, 0) is 17.7 Å². The molecule has 2 atom stereocenters. The molecule has 0 aliphatic heterocycles. The Kier molecular flexibility index (Phi) is 3.92. The molecule has 4 nitrogen and oxygen atoms in total. The van der Waals surface area contributed by atoms with Crippen molar-refractivity contribution in [2.24, 2.45) is 0 Å². The lowest BCUT2D eigenvalue weighted by Gasteiger charge is -2.15. The normalized spacial score (nSPS) is 15.2. The van der Waals surface area contributed by atoms with E-state index >= 15 is 0 Å². The summed E-state index contributed by atoms with van der Waals surface area (Å²) in [7, 11) is 0. The first-order chi connectivity index (χ1) is 8.14. The Morgan fingerprint density at radius 1 is 1.22 bits per heavy atom. The van der Waals surface area contributed by atoms with Gasteiger partial charge in [0.15, 0.2) is 6.10 Å². The second kappa shape index (κ2) is 4.91. The van der Waals surface area contributed by atoms with E-state index in [4.69, 9.17) is 10.2 Å². The van der Waals surface area contributed by atoms with Gasteiger partial charge in [-0.25, -0.2) is 9.18 Å². The molecular formula is C10H8F4O4. The minimum atomic E-state index is -4.89. The van der Waals surface area contributed by atoms with Crippen molar-refractivity contribution in [1.29, 1.82) is 0 Å². The van der Waals surface area contributed by atoms with Crippen molar-refractivity contribution in [2.75, 3.05) is 0 Å². The van der Waals surface area contributed by atoms with Crippen LogP contribution in [0.2, 0.25) is 0 Å². The largest absolute Gasteiger partial charge is 0.479 e. The standard InChI is InChI=1S/C10H8F4O4/c11-6-3-4(7(15)8(16)9(17)18)1-2-5(6)10(12,13)14/h1-3,7-8,15-16H,(H,17,18). The zero-order valence-electron chi connectivity index (χ0n) is 8.65. The number of aliphatic hydroxyl groups excluding tert-OH is 2. The zero-order valence-corrected chi connectivity index (χ0v) is 8.65. The van der Waals surface area contributed by atoms with Crippen molar-refractivity contribution in [3.05, 3.63) is 35.1 Å². The van der Waals surface area contributed by atoms with Crippen molar-refractivity contribution >= 4 is 5.97 Å². The molecule has 3 N–H and O–H groups in total. The smallest absolute Gasteiger partial charge is 0.419 e. The molecule has 1 aromatic rings. The monoisotopic (exact) mass is 268 g/mol. The van der Waals surface area contributed by atoms with E-state index in [1.54, 1.807) is 0 Å². The number of hydrogen-bond acceptors (Lipinski definition) is 3. The van der Waals surface area contributed by atoms with Gasteiger partial charge in [-0.1, -0.05) is 6.07 Å². The molecule has 1 rings (SSSR count). The van der Waals surface area contributed by atoms with Gasteiger partial charge in [0.2, 0.25) is 0 Å². The second-order valence-electron chi connectivity index (χ2n) is 3.46. The van der Waals surface area contributed by atoms with Crippen LogP contribution in [-0.4, -0.2) is 27.4 Å². The summed E-state index contributed by atoms with van der Waals surface area (Å²) >= 11 is 0. The highest BCUT2D eigenvalue weighted by atomic mass is 19.4. The Hall–Kier alpha value is -1.67. The minimum Gasteiger partial charge on any atom is -0.479 e. The molecule has 0 spiro atoms. The van der Waals surface area contributed by atoms with E-state index in [9.17, 15) is 27.5 Å². The highest BCUT2D eigenvalue weighted by Crippen LogP contribution is 2.32. The molecule has 0 bridgehead atoms. The lowest BCUT2D eigenvalue weighted by atomic mass is 10.0. The molecule has 2 unspecified atom stereocenters. The number of aliphatic carboxylic acids is 1. The molecule has 0 fully saturated rings. The zero-order chi connectivity index (χ0) is 14.1. The molecule has 0 aromatic heterocycles. The Morgan fingerprint density at radius 3 is 2.17 bits per heavy atom. The van der Waals surface area contributed by atoms with Crippen LogP contribution in [0.15, 0.2) is 18.2 Å². The molecule has 0 aliphatic rings. The van der Waals surface area contributed by atoms with Gasteiger partial charge in [0, 0.05) is 0 Å². The number of carbonyl (C=O) groups is 1. The maximum atomic E-state index is 13.1. The molecule has 18 heavy (non-hydrogen) atoms. The molecule has 8 heteroatoms. The Balaban J connectivity index is 3.08. The molecule has 0 amide bonds. The molecule has 100 valence electrons. The van der Waals surface area contributed by atoms with Gasteiger partial charge in [-0.2, -0.15) is 13.2 Å². The van der Waals surface area contributed by atoms with Crippen molar-refractivity contribution < 1.29 is 37.7 Å². The molecule has 0 aliphatic carbocycles. The van der Waals surface area contributed by atoms with E-state index in [0.29, 0.717) is 18.2 Å². The van der Waals surface area contributed by atoms with E-state index in [-0.39, 0.29) is 0 Å². The lowest BCUT2D eigenvalue weighted by molar-refractivity contribution is -0.153. The summed E-state index contributed by atoms with van der Waals surface area (Å²) in [6, 6.07) is 1.39. The average molecular weight is 268 g/mol. The third-order valence-electron chi connectivity index (χ3n) is 2.19. The first-order valence-electron chi connectivity index (χ1n) is 4.60. The first kappa shape index (κ1) is 14.4. The van der Waals surface area contributed by atoms with Gasteiger partial charge in [0.1, 0.15) is 11.9 Å². The van der Waals surface area contributed by atoms with E-state index < -0.39 is 41.3 Å². The van der Waals surface area contributed by atoms with Crippen molar-refractivity contribution in [3.8, 4) is 0 Å². The number of benzene rings is 1. The van der Waals surface area contributed by atoms with E-state index in [1.807, 2.05) is 0 Å². The summed E-state index contributed by atoms with van der Waals surface area (Å²) in [4.78, 5) is 10.3. The summed E-state index contributed by atoms with van der Waals surface area (Å²) in [6.07, 6.45) is -9.15. The third kappa shape index (κ3) is 2.96. The van der Waals surface area contributed by atoms with Gasteiger partial charge in [0.25, 0.3) is 0 Å². The van der Waals surface area contributed by atoms with Gasteiger partial charge < -0.3 is 15.3 Å². The van der Waals surface area contributed by atoms with Crippen LogP contribution in [-0.2, 0) is 11.0 Å². The van der Waals surface area contributed by atoms with E-state index in [2.05, 4.69) is 0 Å². The van der Waals surface area contributed by atoms with Crippen molar-refractivity contribution in [1.82, 2.24) is 0 Å². The maximum Gasteiger partial charge on any atom is 0.419 e. The van der Waals surface area contributed by atoms with Crippen LogP contribution in [0.5, 0.6) is 0 Å². The van der Waals surface area contributed by atoms with Crippen LogP contribution in [0.3, 0.4) is 0 Å². The number of aliphatic hydroxyl groups is 2. The predicted molar refractivity (Wildman–Crippen MR) is 50.0 cm³/mol. The molecule has 0 saturated heterocycles. The van der Waals surface area contributed by atoms with Crippen LogP contribution in [0.1, 0.15) is 17.2 Å². The Labute approximate surface area is 98.1 Å². The highest BCUT2D eigenvalue weighted by Gasteiger charge is 2.35. The fourth-order valence-electron chi connectivity index (χ4n) is 1.26. The number of halogens is 4. The molecular weight excluding hydrogens is 260 g/mol. The van der Waals surface area contributed by atoms with E-state index in [1.165, 1.54) is 0 Å². The Morgan fingerprint density at radius 2 is 1.78 bits per heavy atom. The molecule has 1 aromatic carbocycles. The number of alkyl halides is 3. The second-order valence-corrected chi connectivity index (χ2v) is 3.46. The highest BCUT2D eigenvalue weighted by molar-refractivity contribution is 5.73. The molecule has 0 radical (unpaired) electrons. The van der Waals surface area contributed by atoms with Crippen LogP contribution in [0.4, 0.5) is 17.6 Å². The van der Waals surface area contributed by atoms with Crippen LogP contribution in [0, 0.1) is 5.82 Å². The fourth-order valence-corrected chi connectivity index (χ4v) is 1.26. The third-order valence-corrected chi connectivity index (χ3v) is 2.19. The topological polar surface area (TPSA) is 77.8 Å². The lowest BCUT2D eigenvalue weighted by Crippen LogP contribution is -2.27. The Bertz CT molecular complexity index is 458. The molecule has 0 heterocycles. The summed E-state index contributed by atoms with van der Waals surface area (Å²) in [6.45, 7) is 0. The van der Waals surface area contributed by atoms with Gasteiger partial charge in [0.05, 0.1) is 5.56 Å². The maximum absolute atomic E-state index is 13.1. The van der Waals surface area contributed by atoms with Crippen LogP contribution in [0.25, 0.3) is 0 Å². The fraction of sp³-hybridized carbons (Fsp3) is 0.300. The van der Waals surface area contributed by atoms with Crippen LogP contribution >= 0.6 is 0 Å². The van der Waals surface area contributed by atoms with Gasteiger partial charge in [-0.15, -0.1) is 0 Å². The number of carboxylic acid groups (broad SMARTS) is 1. The van der Waals surface area contributed by atoms with Crippen LogP contribution < -0.4 is 0 Å². The summed E-state index contributed by atoms with van der Waals surface area (Å²) < 4.78 is 49.8. The molecule has 0 saturated carbocycles. The minimum absolute atomic E-state index is 0.333. The summed E-state index contributed by atoms with van der Waals surface area (Å²) in [5, 5.41) is 26.7. The number of hydrogen-bond donors (Lipinski definition) is 3. The number of carboxylic acids is 1. The van der Waals surface area contributed by atoms with Crippen molar-refractivity contribution in [3.63, 3.8) is 0 Å². The predicted octanol–water partition coefficient (Wildman–Crippen LogP) is 1.32. The average Bonchev–Trinajstić information content (AvgIpc) is 2.24. The van der Waals surface area contributed by atoms with Crippen molar-refractivity contribution in [2.45, 2.75) is 18.4 Å². The quantitative estimate of drug-likeness (QED) is 0.722. The first-order valence-corrected chi connectivity index (χ1v) is 4.60. The summed E-state index contributed by atoms with van der Waals surface area (Å²) in [5.41, 5.74) is -2.00.